The normalized spacial score (nSPS) is 9.44. The molecule has 1 radical (unpaired) electrons. The summed E-state index contributed by atoms with van der Waals surface area (Å²) >= 11 is 1.29. The maximum Gasteiger partial charge on any atom is 0.295 e. The number of nitrogens with zero attached hydrogens (tertiary/aromatic N) is 2. The standard InChI is InChI=1S/C4H3N2O2S/c1-9-4-6-5-3(2-7)8-4/h1H3. The molecular formula is C4H3N2O2S. The molecule has 0 saturated heterocycles. The summed E-state index contributed by atoms with van der Waals surface area (Å²) in [5.41, 5.74) is 0. The van der Waals surface area contributed by atoms with Gasteiger partial charge < -0.3 is 4.42 Å². The molecule has 0 aromatic carbocycles. The summed E-state index contributed by atoms with van der Waals surface area (Å²) in [7, 11) is 0. The Labute approximate surface area is 55.6 Å². The molecule has 1 aromatic heterocycles. The van der Waals surface area contributed by atoms with Crippen LogP contribution in [-0.4, -0.2) is 22.7 Å². The first kappa shape index (κ1) is 6.28. The molecule has 0 bridgehead atoms. The van der Waals surface area contributed by atoms with Gasteiger partial charge in [-0.15, -0.1) is 10.2 Å². The molecule has 1 heterocycles. The maximum atomic E-state index is 9.81. The topological polar surface area (TPSA) is 56.0 Å². The van der Waals surface area contributed by atoms with E-state index in [0.717, 1.165) is 0 Å². The Kier molecular flexibility index (Phi) is 1.84. The number of aromatic nitrogens is 2. The molecule has 0 aliphatic heterocycles. The van der Waals surface area contributed by atoms with Crippen molar-refractivity contribution in [1.29, 1.82) is 0 Å². The maximum absolute atomic E-state index is 9.81. The van der Waals surface area contributed by atoms with Gasteiger partial charge in [0.1, 0.15) is 0 Å². The lowest BCUT2D eigenvalue weighted by atomic mass is 10.8. The van der Waals surface area contributed by atoms with E-state index in [9.17, 15) is 4.79 Å². The van der Waals surface area contributed by atoms with Crippen molar-refractivity contribution in [2.24, 2.45) is 0 Å². The molecule has 0 spiro atoms. The van der Waals surface area contributed by atoms with E-state index in [0.29, 0.717) is 5.22 Å². The van der Waals surface area contributed by atoms with Gasteiger partial charge in [0, 0.05) is 0 Å². The largest absolute Gasteiger partial charge is 0.408 e. The van der Waals surface area contributed by atoms with Crippen LogP contribution in [0.2, 0.25) is 0 Å². The van der Waals surface area contributed by atoms with Gasteiger partial charge in [-0.1, -0.05) is 11.8 Å². The van der Waals surface area contributed by atoms with Crippen LogP contribution < -0.4 is 0 Å². The minimum absolute atomic E-state index is 0.0978. The van der Waals surface area contributed by atoms with Crippen molar-refractivity contribution in [2.75, 3.05) is 6.26 Å². The number of hydrogen-bond acceptors (Lipinski definition) is 5. The van der Waals surface area contributed by atoms with Gasteiger partial charge in [0.25, 0.3) is 17.4 Å². The molecule has 0 fully saturated rings. The summed E-state index contributed by atoms with van der Waals surface area (Å²) in [5.74, 6) is -0.0978. The predicted molar refractivity (Wildman–Crippen MR) is 30.9 cm³/mol. The molecule has 0 saturated carbocycles. The highest BCUT2D eigenvalue weighted by Gasteiger charge is 2.01. The smallest absolute Gasteiger partial charge is 0.295 e. The van der Waals surface area contributed by atoms with E-state index in [2.05, 4.69) is 10.2 Å². The fourth-order valence-corrected chi connectivity index (χ4v) is 0.618. The number of hydrogen-bond donors (Lipinski definition) is 0. The molecular weight excluding hydrogens is 140 g/mol. The molecule has 0 amide bonds. The monoisotopic (exact) mass is 143 g/mol. The Bertz CT molecular complexity index is 210. The average molecular weight is 143 g/mol. The summed E-state index contributed by atoms with van der Waals surface area (Å²) in [4.78, 5) is 9.81. The van der Waals surface area contributed by atoms with Gasteiger partial charge in [-0.25, -0.2) is 0 Å². The number of carbonyl (C=O) groups excluding carboxylic acids is 1. The lowest BCUT2D eigenvalue weighted by molar-refractivity contribution is 0.437. The van der Waals surface area contributed by atoms with Crippen LogP contribution in [0.1, 0.15) is 5.89 Å². The Morgan fingerprint density at radius 2 is 2.44 bits per heavy atom. The quantitative estimate of drug-likeness (QED) is 0.555. The summed E-state index contributed by atoms with van der Waals surface area (Å²) in [6, 6.07) is 0. The first-order valence-corrected chi connectivity index (χ1v) is 3.35. The van der Waals surface area contributed by atoms with Crippen molar-refractivity contribution in [3.63, 3.8) is 0 Å². The third-order valence-electron chi connectivity index (χ3n) is 0.668. The van der Waals surface area contributed by atoms with E-state index in [1.165, 1.54) is 18.0 Å². The molecule has 5 heteroatoms. The molecule has 9 heavy (non-hydrogen) atoms. The van der Waals surface area contributed by atoms with Crippen molar-refractivity contribution in [2.45, 2.75) is 5.22 Å². The second-order valence-corrected chi connectivity index (χ2v) is 1.94. The Morgan fingerprint density at radius 1 is 1.67 bits per heavy atom. The third kappa shape index (κ3) is 1.29. The van der Waals surface area contributed by atoms with Gasteiger partial charge in [-0.3, -0.25) is 4.79 Å². The van der Waals surface area contributed by atoms with Crippen molar-refractivity contribution in [3.8, 4) is 0 Å². The van der Waals surface area contributed by atoms with Crippen LogP contribution in [0.25, 0.3) is 0 Å². The fraction of sp³-hybridized carbons (Fsp3) is 0.250. The molecule has 1 rings (SSSR count). The van der Waals surface area contributed by atoms with Gasteiger partial charge in [-0.2, -0.15) is 0 Å². The molecule has 1 aromatic rings. The van der Waals surface area contributed by atoms with Crippen molar-refractivity contribution < 1.29 is 9.21 Å². The highest BCUT2D eigenvalue weighted by Crippen LogP contribution is 2.09. The van der Waals surface area contributed by atoms with Gasteiger partial charge in [0.2, 0.25) is 0 Å². The van der Waals surface area contributed by atoms with Gasteiger partial charge in [0.15, 0.2) is 0 Å². The average Bonchev–Trinajstić information content (AvgIpc) is 2.34. The number of rotatable bonds is 2. The van der Waals surface area contributed by atoms with Crippen molar-refractivity contribution in [1.82, 2.24) is 10.2 Å². The fourth-order valence-electron chi connectivity index (χ4n) is 0.334. The summed E-state index contributed by atoms with van der Waals surface area (Å²) in [5, 5.41) is 7.22. The van der Waals surface area contributed by atoms with Crippen LogP contribution in [-0.2, 0) is 4.79 Å². The lowest BCUT2D eigenvalue weighted by Crippen LogP contribution is -1.76. The van der Waals surface area contributed by atoms with E-state index in [-0.39, 0.29) is 5.89 Å². The first-order valence-electron chi connectivity index (χ1n) is 2.12. The van der Waals surface area contributed by atoms with Crippen LogP contribution in [0, 0.1) is 0 Å². The predicted octanol–water partition coefficient (Wildman–Crippen LogP) is 0.249. The first-order chi connectivity index (χ1) is 4.36. The van der Waals surface area contributed by atoms with Crippen LogP contribution in [0.4, 0.5) is 0 Å². The summed E-state index contributed by atoms with van der Waals surface area (Å²) < 4.78 is 4.70. The summed E-state index contributed by atoms with van der Waals surface area (Å²) in [6.07, 6.45) is 3.26. The van der Waals surface area contributed by atoms with Gasteiger partial charge >= 0.3 is 0 Å². The van der Waals surface area contributed by atoms with E-state index < -0.39 is 0 Å². The van der Waals surface area contributed by atoms with Gasteiger partial charge in [0.05, 0.1) is 0 Å². The van der Waals surface area contributed by atoms with Crippen LogP contribution in [0.5, 0.6) is 0 Å². The van der Waals surface area contributed by atoms with E-state index in [4.69, 9.17) is 4.42 Å². The second-order valence-electron chi connectivity index (χ2n) is 1.18. The van der Waals surface area contributed by atoms with E-state index in [1.54, 1.807) is 6.26 Å². The van der Waals surface area contributed by atoms with E-state index in [1.807, 2.05) is 0 Å². The Morgan fingerprint density at radius 3 is 2.78 bits per heavy atom. The molecule has 0 aliphatic carbocycles. The highest BCUT2D eigenvalue weighted by molar-refractivity contribution is 7.98. The van der Waals surface area contributed by atoms with Crippen molar-refractivity contribution in [3.05, 3.63) is 5.89 Å². The molecule has 0 N–H and O–H groups in total. The Balaban J connectivity index is 2.86. The zero-order valence-corrected chi connectivity index (χ0v) is 5.44. The lowest BCUT2D eigenvalue weighted by Gasteiger charge is -1.76. The van der Waals surface area contributed by atoms with E-state index >= 15 is 0 Å². The zero-order valence-electron chi connectivity index (χ0n) is 4.62. The zero-order chi connectivity index (χ0) is 6.69. The number of thioether (sulfide) groups is 1. The third-order valence-corrected chi connectivity index (χ3v) is 1.18. The Hall–Kier alpha value is -0.840. The molecule has 0 aliphatic rings. The molecule has 47 valence electrons. The van der Waals surface area contributed by atoms with Crippen LogP contribution >= 0.6 is 11.8 Å². The van der Waals surface area contributed by atoms with Gasteiger partial charge in [-0.05, 0) is 6.26 Å². The van der Waals surface area contributed by atoms with Crippen LogP contribution in [0.3, 0.4) is 0 Å². The highest BCUT2D eigenvalue weighted by atomic mass is 32.2. The molecule has 4 nitrogen and oxygen atoms in total. The SMILES string of the molecule is CSc1nnc([C]=O)o1. The van der Waals surface area contributed by atoms with Crippen molar-refractivity contribution >= 4 is 18.0 Å². The molecule has 0 unspecified atom stereocenters. The minimum Gasteiger partial charge on any atom is -0.408 e. The summed E-state index contributed by atoms with van der Waals surface area (Å²) in [6.45, 7) is 0. The molecule has 0 atom stereocenters. The minimum atomic E-state index is -0.0978. The second kappa shape index (κ2) is 2.63. The van der Waals surface area contributed by atoms with Crippen LogP contribution in [0.15, 0.2) is 9.64 Å².